The maximum Gasteiger partial charge on any atom is 0.341 e. The first-order chi connectivity index (χ1) is 12.6. The van der Waals surface area contributed by atoms with Gasteiger partial charge in [-0.25, -0.2) is 4.79 Å². The molecule has 1 heterocycles. The summed E-state index contributed by atoms with van der Waals surface area (Å²) in [6, 6.07) is 10.1. The van der Waals surface area contributed by atoms with Crippen molar-refractivity contribution in [3.05, 3.63) is 47.5 Å². The van der Waals surface area contributed by atoms with Crippen molar-refractivity contribution in [3.63, 3.8) is 0 Å². The Morgan fingerprint density at radius 2 is 2.00 bits per heavy atom. The molecule has 7 heteroatoms. The summed E-state index contributed by atoms with van der Waals surface area (Å²) in [4.78, 5) is 23.2. The van der Waals surface area contributed by atoms with Gasteiger partial charge in [-0.2, -0.15) is 0 Å². The summed E-state index contributed by atoms with van der Waals surface area (Å²) in [5.41, 5.74) is 2.13. The van der Waals surface area contributed by atoms with E-state index < -0.39 is 12.6 Å². The number of carboxylic acids is 1. The van der Waals surface area contributed by atoms with Crippen LogP contribution in [0.25, 0.3) is 0 Å². The normalized spacial score (nSPS) is 12.0. The quantitative estimate of drug-likeness (QED) is 0.791. The van der Waals surface area contributed by atoms with E-state index >= 15 is 0 Å². The van der Waals surface area contributed by atoms with Gasteiger partial charge in [-0.1, -0.05) is 0 Å². The van der Waals surface area contributed by atoms with Crippen LogP contribution in [0.5, 0.6) is 17.2 Å². The monoisotopic (exact) mass is 357 g/mol. The SMILES string of the molecule is CCOc1cc(C(=O)Nc2ccc3c(c2)CCO3)ccc1OCC(=O)O. The number of rotatable bonds is 7. The average molecular weight is 357 g/mol. The fourth-order valence-electron chi connectivity index (χ4n) is 2.64. The minimum atomic E-state index is -1.09. The van der Waals surface area contributed by atoms with E-state index in [-0.39, 0.29) is 11.7 Å². The zero-order chi connectivity index (χ0) is 18.5. The van der Waals surface area contributed by atoms with Crippen molar-refractivity contribution < 1.29 is 28.9 Å². The molecule has 0 saturated heterocycles. The van der Waals surface area contributed by atoms with E-state index in [1.165, 1.54) is 12.1 Å². The second-order valence-corrected chi connectivity index (χ2v) is 5.65. The molecule has 2 aromatic carbocycles. The minimum Gasteiger partial charge on any atom is -0.493 e. The summed E-state index contributed by atoms with van der Waals surface area (Å²) in [5, 5.41) is 11.6. The lowest BCUT2D eigenvalue weighted by Crippen LogP contribution is -2.13. The van der Waals surface area contributed by atoms with Crippen LogP contribution in [0.1, 0.15) is 22.8 Å². The molecular weight excluding hydrogens is 338 g/mol. The Morgan fingerprint density at radius 3 is 2.77 bits per heavy atom. The minimum absolute atomic E-state index is 0.278. The van der Waals surface area contributed by atoms with E-state index in [1.807, 2.05) is 12.1 Å². The van der Waals surface area contributed by atoms with E-state index in [9.17, 15) is 9.59 Å². The number of ether oxygens (including phenoxy) is 3. The van der Waals surface area contributed by atoms with Crippen molar-refractivity contribution in [2.24, 2.45) is 0 Å². The number of fused-ring (bicyclic) bond motifs is 1. The first kappa shape index (κ1) is 17.6. The van der Waals surface area contributed by atoms with Gasteiger partial charge in [0.05, 0.1) is 13.2 Å². The van der Waals surface area contributed by atoms with Gasteiger partial charge in [0.2, 0.25) is 0 Å². The summed E-state index contributed by atoms with van der Waals surface area (Å²) in [6.07, 6.45) is 0.823. The Balaban J connectivity index is 1.76. The molecule has 0 aliphatic carbocycles. The molecule has 2 aromatic rings. The zero-order valence-electron chi connectivity index (χ0n) is 14.3. The predicted octanol–water partition coefficient (Wildman–Crippen LogP) is 2.74. The second kappa shape index (κ2) is 7.77. The highest BCUT2D eigenvalue weighted by molar-refractivity contribution is 6.04. The van der Waals surface area contributed by atoms with Gasteiger partial charge in [0, 0.05) is 17.7 Å². The van der Waals surface area contributed by atoms with Crippen LogP contribution in [0.3, 0.4) is 0 Å². The van der Waals surface area contributed by atoms with Crippen LogP contribution in [-0.4, -0.2) is 36.8 Å². The van der Waals surface area contributed by atoms with Gasteiger partial charge >= 0.3 is 5.97 Å². The Kier molecular flexibility index (Phi) is 5.26. The number of carbonyl (C=O) groups is 2. The predicted molar refractivity (Wildman–Crippen MR) is 94.3 cm³/mol. The summed E-state index contributed by atoms with van der Waals surface area (Å²) >= 11 is 0. The Morgan fingerprint density at radius 1 is 1.15 bits per heavy atom. The van der Waals surface area contributed by atoms with Crippen LogP contribution < -0.4 is 19.5 Å². The van der Waals surface area contributed by atoms with Crippen LogP contribution in [0.2, 0.25) is 0 Å². The average Bonchev–Trinajstić information content (AvgIpc) is 3.08. The van der Waals surface area contributed by atoms with E-state index in [1.54, 1.807) is 19.1 Å². The van der Waals surface area contributed by atoms with E-state index in [2.05, 4.69) is 5.32 Å². The number of benzene rings is 2. The second-order valence-electron chi connectivity index (χ2n) is 5.65. The van der Waals surface area contributed by atoms with Crippen molar-refractivity contribution in [2.45, 2.75) is 13.3 Å². The molecule has 0 aromatic heterocycles. The van der Waals surface area contributed by atoms with Gasteiger partial charge in [0.25, 0.3) is 5.91 Å². The molecule has 0 unspecified atom stereocenters. The van der Waals surface area contributed by atoms with Crippen LogP contribution in [0.4, 0.5) is 5.69 Å². The van der Waals surface area contributed by atoms with Crippen molar-refractivity contribution in [3.8, 4) is 17.2 Å². The van der Waals surface area contributed by atoms with Crippen LogP contribution in [0.15, 0.2) is 36.4 Å². The molecule has 1 aliphatic heterocycles. The third-order valence-electron chi connectivity index (χ3n) is 3.80. The number of carbonyl (C=O) groups excluding carboxylic acids is 1. The summed E-state index contributed by atoms with van der Waals surface area (Å²) in [6.45, 7) is 2.32. The lowest BCUT2D eigenvalue weighted by atomic mass is 10.1. The topological polar surface area (TPSA) is 94.1 Å². The first-order valence-corrected chi connectivity index (χ1v) is 8.25. The van der Waals surface area contributed by atoms with E-state index in [0.717, 1.165) is 17.7 Å². The third kappa shape index (κ3) is 4.05. The van der Waals surface area contributed by atoms with Gasteiger partial charge < -0.3 is 24.6 Å². The van der Waals surface area contributed by atoms with Crippen LogP contribution in [0, 0.1) is 0 Å². The molecule has 0 fully saturated rings. The Hall–Kier alpha value is -3.22. The number of nitrogens with one attached hydrogen (secondary N) is 1. The molecule has 2 N–H and O–H groups in total. The maximum absolute atomic E-state index is 12.5. The number of amides is 1. The van der Waals surface area contributed by atoms with Crippen LogP contribution >= 0.6 is 0 Å². The van der Waals surface area contributed by atoms with Crippen molar-refractivity contribution >= 4 is 17.6 Å². The molecule has 0 radical (unpaired) electrons. The number of hydrogen-bond donors (Lipinski definition) is 2. The van der Waals surface area contributed by atoms with Gasteiger partial charge in [-0.05, 0) is 48.9 Å². The summed E-state index contributed by atoms with van der Waals surface area (Å²) in [7, 11) is 0. The molecule has 26 heavy (non-hydrogen) atoms. The molecular formula is C19H19NO6. The molecule has 136 valence electrons. The number of aliphatic carboxylic acids is 1. The molecule has 3 rings (SSSR count). The van der Waals surface area contributed by atoms with Gasteiger partial charge in [0.15, 0.2) is 18.1 Å². The smallest absolute Gasteiger partial charge is 0.341 e. The van der Waals surface area contributed by atoms with Gasteiger partial charge in [-0.3, -0.25) is 4.79 Å². The van der Waals surface area contributed by atoms with Crippen LogP contribution in [-0.2, 0) is 11.2 Å². The van der Waals surface area contributed by atoms with Crippen molar-refractivity contribution in [2.75, 3.05) is 25.1 Å². The maximum atomic E-state index is 12.5. The number of hydrogen-bond acceptors (Lipinski definition) is 5. The largest absolute Gasteiger partial charge is 0.493 e. The standard InChI is InChI=1S/C19H19NO6/c1-2-24-17-10-13(3-5-16(17)26-11-18(21)22)19(23)20-14-4-6-15-12(9-14)7-8-25-15/h3-6,9-10H,2,7-8,11H2,1H3,(H,20,23)(H,21,22). The fraction of sp³-hybridized carbons (Fsp3) is 0.263. The van der Waals surface area contributed by atoms with Gasteiger partial charge in [0.1, 0.15) is 5.75 Å². The molecule has 0 bridgehead atoms. The van der Waals surface area contributed by atoms with Gasteiger partial charge in [-0.15, -0.1) is 0 Å². The molecule has 1 amide bonds. The summed E-state index contributed by atoms with van der Waals surface area (Å²) < 4.78 is 16.1. The third-order valence-corrected chi connectivity index (χ3v) is 3.80. The molecule has 0 saturated carbocycles. The van der Waals surface area contributed by atoms with E-state index in [4.69, 9.17) is 19.3 Å². The summed E-state index contributed by atoms with van der Waals surface area (Å²) in [5.74, 6) is 0.0651. The lowest BCUT2D eigenvalue weighted by molar-refractivity contribution is -0.139. The number of carboxylic acid groups (broad SMARTS) is 1. The Labute approximate surface area is 150 Å². The van der Waals surface area contributed by atoms with Crippen molar-refractivity contribution in [1.29, 1.82) is 0 Å². The number of anilines is 1. The highest BCUT2D eigenvalue weighted by atomic mass is 16.5. The van der Waals surface area contributed by atoms with Crippen molar-refractivity contribution in [1.82, 2.24) is 0 Å². The molecule has 0 spiro atoms. The first-order valence-electron chi connectivity index (χ1n) is 8.25. The molecule has 0 atom stereocenters. The molecule has 7 nitrogen and oxygen atoms in total. The van der Waals surface area contributed by atoms with E-state index in [0.29, 0.717) is 30.2 Å². The molecule has 1 aliphatic rings. The fourth-order valence-corrected chi connectivity index (χ4v) is 2.64. The zero-order valence-corrected chi connectivity index (χ0v) is 14.3. The lowest BCUT2D eigenvalue weighted by Gasteiger charge is -2.13. The highest BCUT2D eigenvalue weighted by Gasteiger charge is 2.15. The highest BCUT2D eigenvalue weighted by Crippen LogP contribution is 2.30. The Bertz CT molecular complexity index is 833.